The molecule has 0 aliphatic heterocycles. The fourth-order valence-electron chi connectivity index (χ4n) is 4.27. The summed E-state index contributed by atoms with van der Waals surface area (Å²) < 4.78 is 40.0. The van der Waals surface area contributed by atoms with Crippen molar-refractivity contribution >= 4 is 38.7 Å². The first-order chi connectivity index (χ1) is 12.6. The highest BCUT2D eigenvalue weighted by molar-refractivity contribution is 9.10. The van der Waals surface area contributed by atoms with Gasteiger partial charge in [-0.15, -0.1) is 0 Å². The first kappa shape index (κ1) is 18.0. The van der Waals surface area contributed by atoms with Gasteiger partial charge >= 0.3 is 6.18 Å². The fraction of sp³-hybridized carbons (Fsp3) is 0.500. The molecule has 142 valence electrons. The summed E-state index contributed by atoms with van der Waals surface area (Å²) in [5, 5.41) is 15.3. The fourth-order valence-corrected chi connectivity index (χ4v) is 4.89. The lowest BCUT2D eigenvalue weighted by Gasteiger charge is -2.70. The number of hydrogen-bond acceptors (Lipinski definition) is 5. The van der Waals surface area contributed by atoms with Crippen molar-refractivity contribution in [1.82, 2.24) is 19.9 Å². The predicted molar refractivity (Wildman–Crippen MR) is 92.8 cm³/mol. The van der Waals surface area contributed by atoms with E-state index in [2.05, 4.69) is 36.5 Å². The lowest BCUT2D eigenvalue weighted by Crippen LogP contribution is -2.81. The van der Waals surface area contributed by atoms with Crippen LogP contribution in [0, 0.1) is 11.3 Å². The average Bonchev–Trinajstić information content (AvgIpc) is 2.82. The lowest BCUT2D eigenvalue weighted by atomic mass is 9.44. The molecule has 2 aromatic rings. The summed E-state index contributed by atoms with van der Waals surface area (Å²) in [6, 6.07) is 1.70. The Hall–Kier alpha value is -2.35. The number of aromatic nitrogens is 3. The number of alkyl halides is 3. The third-order valence-corrected chi connectivity index (χ3v) is 5.77. The number of pyridine rings is 1. The summed E-state index contributed by atoms with van der Waals surface area (Å²) >= 11 is 3.33. The highest BCUT2D eigenvalue weighted by atomic mass is 79.9. The van der Waals surface area contributed by atoms with E-state index in [4.69, 9.17) is 5.26 Å². The zero-order valence-corrected chi connectivity index (χ0v) is 15.7. The number of carbonyl (C=O) groups is 1. The highest BCUT2D eigenvalue weighted by Gasteiger charge is 2.68. The molecule has 0 unspecified atom stereocenters. The topological polar surface area (TPSA) is 95.6 Å². The van der Waals surface area contributed by atoms with Gasteiger partial charge in [-0.25, -0.2) is 9.97 Å². The van der Waals surface area contributed by atoms with Crippen LogP contribution in [-0.2, 0) is 11.3 Å². The molecular weight excluding hydrogens is 429 g/mol. The second kappa shape index (κ2) is 5.58. The summed E-state index contributed by atoms with van der Waals surface area (Å²) in [7, 11) is 0. The quantitative estimate of drug-likeness (QED) is 0.758. The third-order valence-electron chi connectivity index (χ3n) is 5.02. The van der Waals surface area contributed by atoms with Gasteiger partial charge in [0, 0.05) is 18.0 Å². The second-order valence-electron chi connectivity index (χ2n) is 7.30. The molecule has 0 spiro atoms. The van der Waals surface area contributed by atoms with Gasteiger partial charge in [-0.3, -0.25) is 4.79 Å². The van der Waals surface area contributed by atoms with Crippen LogP contribution in [0.2, 0.25) is 0 Å². The number of fused-ring (bicyclic) bond motifs is 1. The van der Waals surface area contributed by atoms with Crippen LogP contribution in [0.25, 0.3) is 11.0 Å². The molecule has 2 aromatic heterocycles. The smallest absolute Gasteiger partial charge is 0.363 e. The minimum atomic E-state index is -4.49. The molecular formula is C16H14BrF3N6O. The summed E-state index contributed by atoms with van der Waals surface area (Å²) in [5.41, 5.74) is -0.0230. The Kier molecular flexibility index (Phi) is 3.72. The molecule has 3 aliphatic carbocycles. The Labute approximate surface area is 160 Å². The molecule has 2 bridgehead atoms. The number of amides is 1. The standard InChI is InChI=1S/C16H14BrF3N6O/c1-8(27)24-14-4-15(5-14,6-14)25-13-11(17)12-9(3-22-13)23-10(2-21)26(12)7-16(18,19)20/h3H,4-7H2,1H3,(H,22,25)(H,24,27). The summed E-state index contributed by atoms with van der Waals surface area (Å²) in [5.74, 6) is -0.00680. The van der Waals surface area contributed by atoms with Gasteiger partial charge in [0.25, 0.3) is 0 Å². The van der Waals surface area contributed by atoms with Gasteiger partial charge in [0.1, 0.15) is 23.9 Å². The van der Waals surface area contributed by atoms with Crippen molar-refractivity contribution in [2.45, 2.75) is 50.0 Å². The molecule has 0 saturated heterocycles. The predicted octanol–water partition coefficient (Wildman–Crippen LogP) is 2.85. The molecule has 3 saturated carbocycles. The Morgan fingerprint density at radius 2 is 2.07 bits per heavy atom. The minimum Gasteiger partial charge on any atom is -0.363 e. The molecule has 3 aliphatic rings. The number of nitriles is 1. The van der Waals surface area contributed by atoms with Crippen molar-refractivity contribution in [1.29, 1.82) is 5.26 Å². The molecule has 1 amide bonds. The van der Waals surface area contributed by atoms with E-state index in [9.17, 15) is 18.0 Å². The maximum Gasteiger partial charge on any atom is 0.406 e. The second-order valence-corrected chi connectivity index (χ2v) is 8.09. The number of nitrogens with zero attached hydrogens (tertiary/aromatic N) is 4. The monoisotopic (exact) mass is 442 g/mol. The highest BCUT2D eigenvalue weighted by Crippen LogP contribution is 2.62. The summed E-state index contributed by atoms with van der Waals surface area (Å²) in [6.45, 7) is 0.159. The minimum absolute atomic E-state index is 0.0795. The Bertz CT molecular complexity index is 988. The number of carbonyl (C=O) groups excluding carboxylic acids is 1. The van der Waals surface area contributed by atoms with Crippen molar-refractivity contribution < 1.29 is 18.0 Å². The number of anilines is 1. The lowest BCUT2D eigenvalue weighted by molar-refractivity contribution is -0.140. The van der Waals surface area contributed by atoms with Gasteiger partial charge < -0.3 is 15.2 Å². The van der Waals surface area contributed by atoms with Gasteiger partial charge in [-0.2, -0.15) is 18.4 Å². The van der Waals surface area contributed by atoms with Crippen LogP contribution in [0.15, 0.2) is 10.7 Å². The summed E-state index contributed by atoms with van der Waals surface area (Å²) in [4.78, 5) is 19.4. The van der Waals surface area contributed by atoms with E-state index in [1.54, 1.807) is 6.07 Å². The zero-order chi connectivity index (χ0) is 19.6. The van der Waals surface area contributed by atoms with Gasteiger partial charge in [-0.1, -0.05) is 0 Å². The van der Waals surface area contributed by atoms with E-state index in [0.29, 0.717) is 10.3 Å². The normalized spacial score (nSPS) is 26.1. The first-order valence-electron chi connectivity index (χ1n) is 8.14. The van der Waals surface area contributed by atoms with Crippen molar-refractivity contribution in [3.63, 3.8) is 0 Å². The van der Waals surface area contributed by atoms with Crippen LogP contribution in [0.5, 0.6) is 0 Å². The number of nitrogens with one attached hydrogen (secondary N) is 2. The van der Waals surface area contributed by atoms with Gasteiger partial charge in [0.05, 0.1) is 16.2 Å². The SMILES string of the molecule is CC(=O)NC12CC(Nc3ncc4nc(C#N)n(CC(F)(F)F)c4c3Br)(C1)C2. The molecule has 0 radical (unpaired) electrons. The van der Waals surface area contributed by atoms with Gasteiger partial charge in [-0.05, 0) is 35.2 Å². The van der Waals surface area contributed by atoms with Crippen molar-refractivity contribution in [2.75, 3.05) is 5.32 Å². The molecule has 0 aromatic carbocycles. The van der Waals surface area contributed by atoms with E-state index in [1.807, 2.05) is 0 Å². The number of halogens is 4. The number of imidazole rings is 1. The van der Waals surface area contributed by atoms with Crippen LogP contribution < -0.4 is 10.6 Å². The average molecular weight is 443 g/mol. The third kappa shape index (κ3) is 2.92. The van der Waals surface area contributed by atoms with E-state index >= 15 is 0 Å². The zero-order valence-electron chi connectivity index (χ0n) is 14.1. The molecule has 3 fully saturated rings. The Balaban J connectivity index is 1.64. The molecule has 11 heteroatoms. The van der Waals surface area contributed by atoms with Crippen molar-refractivity contribution in [3.8, 4) is 6.07 Å². The van der Waals surface area contributed by atoms with E-state index in [0.717, 1.165) is 23.8 Å². The maximum absolute atomic E-state index is 12.9. The first-order valence-corrected chi connectivity index (χ1v) is 8.93. The largest absolute Gasteiger partial charge is 0.406 e. The van der Waals surface area contributed by atoms with Crippen molar-refractivity contribution in [2.24, 2.45) is 0 Å². The Morgan fingerprint density at radius 1 is 1.41 bits per heavy atom. The van der Waals surface area contributed by atoms with Crippen LogP contribution in [0.1, 0.15) is 32.0 Å². The van der Waals surface area contributed by atoms with Crippen LogP contribution >= 0.6 is 15.9 Å². The molecule has 0 atom stereocenters. The molecule has 5 rings (SSSR count). The van der Waals surface area contributed by atoms with Gasteiger partial charge in [0.15, 0.2) is 0 Å². The van der Waals surface area contributed by atoms with Crippen LogP contribution in [0.4, 0.5) is 19.0 Å². The molecule has 7 nitrogen and oxygen atoms in total. The molecule has 2 heterocycles. The van der Waals surface area contributed by atoms with Crippen molar-refractivity contribution in [3.05, 3.63) is 16.5 Å². The summed E-state index contributed by atoms with van der Waals surface area (Å²) in [6.07, 6.45) is -0.940. The number of rotatable bonds is 4. The molecule has 2 N–H and O–H groups in total. The maximum atomic E-state index is 12.9. The van der Waals surface area contributed by atoms with Crippen LogP contribution in [-0.4, -0.2) is 37.7 Å². The van der Waals surface area contributed by atoms with E-state index in [1.165, 1.54) is 13.1 Å². The molecule has 27 heavy (non-hydrogen) atoms. The van der Waals surface area contributed by atoms with E-state index < -0.39 is 12.7 Å². The van der Waals surface area contributed by atoms with Crippen LogP contribution in [0.3, 0.4) is 0 Å². The number of hydrogen-bond donors (Lipinski definition) is 2. The van der Waals surface area contributed by atoms with Gasteiger partial charge in [0.2, 0.25) is 11.7 Å². The Morgan fingerprint density at radius 3 is 2.63 bits per heavy atom. The van der Waals surface area contributed by atoms with E-state index in [-0.39, 0.29) is 33.8 Å².